The number of hydrogen-bond acceptors (Lipinski definition) is 0. The summed E-state index contributed by atoms with van der Waals surface area (Å²) in [4.78, 5) is 0. The standard InChI is InChI=1S/C9H16/c1-4-6-7-8-9(3)5-2/h4-6,9H,2,7-8H2,1,3H3. The summed E-state index contributed by atoms with van der Waals surface area (Å²) < 4.78 is 0. The Labute approximate surface area is 58.3 Å². The lowest BCUT2D eigenvalue weighted by Gasteiger charge is -1.99. The molecule has 0 saturated carbocycles. The molecule has 0 nitrogen and oxygen atoms in total. The summed E-state index contributed by atoms with van der Waals surface area (Å²) >= 11 is 0. The van der Waals surface area contributed by atoms with Gasteiger partial charge in [-0.3, -0.25) is 0 Å². The second kappa shape index (κ2) is 5.61. The topological polar surface area (TPSA) is 0 Å². The molecule has 0 aromatic rings. The summed E-state index contributed by atoms with van der Waals surface area (Å²) in [5, 5.41) is 0. The predicted molar refractivity (Wildman–Crippen MR) is 43.4 cm³/mol. The highest BCUT2D eigenvalue weighted by Gasteiger charge is 1.90. The van der Waals surface area contributed by atoms with Crippen LogP contribution in [0.4, 0.5) is 0 Å². The summed E-state index contributed by atoms with van der Waals surface area (Å²) in [7, 11) is 0. The minimum atomic E-state index is 0.668. The van der Waals surface area contributed by atoms with Gasteiger partial charge in [0.05, 0.1) is 0 Å². The fourth-order valence-electron chi connectivity index (χ4n) is 0.644. The number of allylic oxidation sites excluding steroid dienone is 3. The Hall–Kier alpha value is -0.520. The highest BCUT2D eigenvalue weighted by molar-refractivity contribution is 4.81. The molecule has 0 N–H and O–H groups in total. The first kappa shape index (κ1) is 8.48. The van der Waals surface area contributed by atoms with Crippen molar-refractivity contribution >= 4 is 0 Å². The van der Waals surface area contributed by atoms with Gasteiger partial charge in [0.15, 0.2) is 0 Å². The van der Waals surface area contributed by atoms with Gasteiger partial charge < -0.3 is 0 Å². The maximum Gasteiger partial charge on any atom is -0.0262 e. The average Bonchev–Trinajstić information content (AvgIpc) is 1.89. The van der Waals surface area contributed by atoms with Gasteiger partial charge in [-0.15, -0.1) is 6.58 Å². The number of hydrogen-bond donors (Lipinski definition) is 0. The lowest BCUT2D eigenvalue weighted by atomic mass is 10.1. The molecule has 0 aliphatic rings. The maximum atomic E-state index is 3.72. The van der Waals surface area contributed by atoms with Crippen LogP contribution in [-0.2, 0) is 0 Å². The van der Waals surface area contributed by atoms with Crippen LogP contribution in [0, 0.1) is 5.92 Å². The number of rotatable bonds is 4. The van der Waals surface area contributed by atoms with Crippen LogP contribution in [-0.4, -0.2) is 0 Å². The molecule has 0 aliphatic carbocycles. The van der Waals surface area contributed by atoms with Crippen LogP contribution in [0.15, 0.2) is 24.8 Å². The molecule has 0 aliphatic heterocycles. The molecule has 0 aromatic carbocycles. The fourth-order valence-corrected chi connectivity index (χ4v) is 0.644. The molecule has 0 rings (SSSR count). The molecule has 0 bridgehead atoms. The first-order chi connectivity index (χ1) is 4.31. The fraction of sp³-hybridized carbons (Fsp3) is 0.556. The van der Waals surface area contributed by atoms with Crippen molar-refractivity contribution in [3.8, 4) is 0 Å². The van der Waals surface area contributed by atoms with E-state index in [9.17, 15) is 0 Å². The smallest absolute Gasteiger partial charge is 0.0262 e. The van der Waals surface area contributed by atoms with E-state index in [1.807, 2.05) is 6.08 Å². The third-order valence-corrected chi connectivity index (χ3v) is 1.43. The first-order valence-electron chi connectivity index (χ1n) is 3.55. The summed E-state index contributed by atoms with van der Waals surface area (Å²) in [6.45, 7) is 7.96. The summed E-state index contributed by atoms with van der Waals surface area (Å²) in [6.07, 6.45) is 8.71. The predicted octanol–water partition coefficient (Wildman–Crippen LogP) is 3.16. The molecule has 0 heteroatoms. The zero-order valence-electron chi connectivity index (χ0n) is 6.43. The molecule has 1 unspecified atom stereocenters. The third kappa shape index (κ3) is 5.35. The highest BCUT2D eigenvalue weighted by Crippen LogP contribution is 2.05. The monoisotopic (exact) mass is 124 g/mol. The summed E-state index contributed by atoms with van der Waals surface area (Å²) in [6, 6.07) is 0. The molecule has 1 atom stereocenters. The van der Waals surface area contributed by atoms with Gasteiger partial charge in [-0.2, -0.15) is 0 Å². The van der Waals surface area contributed by atoms with Gasteiger partial charge in [-0.25, -0.2) is 0 Å². The average molecular weight is 124 g/mol. The van der Waals surface area contributed by atoms with E-state index >= 15 is 0 Å². The molecule has 0 amide bonds. The van der Waals surface area contributed by atoms with E-state index in [2.05, 4.69) is 32.6 Å². The lowest BCUT2D eigenvalue weighted by molar-refractivity contribution is 0.659. The molecule has 0 fully saturated rings. The van der Waals surface area contributed by atoms with Gasteiger partial charge in [-0.1, -0.05) is 25.2 Å². The Balaban J connectivity index is 3.16. The van der Waals surface area contributed by atoms with Crippen molar-refractivity contribution in [2.45, 2.75) is 26.7 Å². The van der Waals surface area contributed by atoms with Crippen LogP contribution in [0.2, 0.25) is 0 Å². The Morgan fingerprint density at radius 3 is 2.67 bits per heavy atom. The van der Waals surface area contributed by atoms with Crippen molar-refractivity contribution in [2.24, 2.45) is 5.92 Å². The highest BCUT2D eigenvalue weighted by atomic mass is 14.0. The second-order valence-electron chi connectivity index (χ2n) is 2.36. The maximum absolute atomic E-state index is 3.72. The van der Waals surface area contributed by atoms with E-state index in [1.54, 1.807) is 0 Å². The molecular formula is C9H16. The minimum Gasteiger partial charge on any atom is -0.103 e. The molecule has 0 aromatic heterocycles. The Morgan fingerprint density at radius 1 is 1.56 bits per heavy atom. The van der Waals surface area contributed by atoms with Gasteiger partial charge >= 0.3 is 0 Å². The zero-order valence-corrected chi connectivity index (χ0v) is 6.43. The molecule has 9 heavy (non-hydrogen) atoms. The van der Waals surface area contributed by atoms with Crippen LogP contribution in [0.1, 0.15) is 26.7 Å². The van der Waals surface area contributed by atoms with E-state index in [4.69, 9.17) is 0 Å². The van der Waals surface area contributed by atoms with E-state index < -0.39 is 0 Å². The van der Waals surface area contributed by atoms with Gasteiger partial charge in [0, 0.05) is 0 Å². The quantitative estimate of drug-likeness (QED) is 0.505. The Kier molecular flexibility index (Phi) is 5.29. The molecule has 52 valence electrons. The second-order valence-corrected chi connectivity index (χ2v) is 2.36. The van der Waals surface area contributed by atoms with Crippen molar-refractivity contribution in [2.75, 3.05) is 0 Å². The van der Waals surface area contributed by atoms with Crippen molar-refractivity contribution in [3.63, 3.8) is 0 Å². The largest absolute Gasteiger partial charge is 0.103 e. The third-order valence-electron chi connectivity index (χ3n) is 1.43. The van der Waals surface area contributed by atoms with Gasteiger partial charge in [0.2, 0.25) is 0 Å². The SMILES string of the molecule is C=CC(C)CCC=CC. The minimum absolute atomic E-state index is 0.668. The van der Waals surface area contributed by atoms with Crippen LogP contribution in [0.25, 0.3) is 0 Å². The van der Waals surface area contributed by atoms with Crippen molar-refractivity contribution < 1.29 is 0 Å². The van der Waals surface area contributed by atoms with E-state index in [1.165, 1.54) is 12.8 Å². The van der Waals surface area contributed by atoms with Crippen molar-refractivity contribution in [3.05, 3.63) is 24.8 Å². The lowest BCUT2D eigenvalue weighted by Crippen LogP contribution is -1.85. The Bertz CT molecular complexity index is 90.2. The first-order valence-corrected chi connectivity index (χ1v) is 3.55. The van der Waals surface area contributed by atoms with Crippen molar-refractivity contribution in [1.82, 2.24) is 0 Å². The van der Waals surface area contributed by atoms with E-state index in [0.717, 1.165) is 0 Å². The van der Waals surface area contributed by atoms with Gasteiger partial charge in [0.1, 0.15) is 0 Å². The van der Waals surface area contributed by atoms with Crippen LogP contribution < -0.4 is 0 Å². The van der Waals surface area contributed by atoms with E-state index in [0.29, 0.717) is 5.92 Å². The molecule has 0 heterocycles. The zero-order chi connectivity index (χ0) is 7.11. The Morgan fingerprint density at radius 2 is 2.22 bits per heavy atom. The molecule has 0 radical (unpaired) electrons. The van der Waals surface area contributed by atoms with Gasteiger partial charge in [-0.05, 0) is 25.7 Å². The molecule has 0 saturated heterocycles. The summed E-state index contributed by atoms with van der Waals surface area (Å²) in [5.41, 5.74) is 0. The van der Waals surface area contributed by atoms with Crippen LogP contribution >= 0.6 is 0 Å². The molecular weight excluding hydrogens is 108 g/mol. The van der Waals surface area contributed by atoms with Gasteiger partial charge in [0.25, 0.3) is 0 Å². The van der Waals surface area contributed by atoms with Crippen LogP contribution in [0.3, 0.4) is 0 Å². The summed E-state index contributed by atoms with van der Waals surface area (Å²) in [5.74, 6) is 0.668. The molecule has 0 spiro atoms. The van der Waals surface area contributed by atoms with E-state index in [-0.39, 0.29) is 0 Å². The van der Waals surface area contributed by atoms with Crippen molar-refractivity contribution in [1.29, 1.82) is 0 Å². The normalized spacial score (nSPS) is 14.0. The van der Waals surface area contributed by atoms with Crippen LogP contribution in [0.5, 0.6) is 0 Å².